The highest BCUT2D eigenvalue weighted by Crippen LogP contribution is 2.19. The fourth-order valence-corrected chi connectivity index (χ4v) is 3.38. The fraction of sp³-hybridized carbons (Fsp3) is 0.235. The Bertz CT molecular complexity index is 792. The molecule has 2 aromatic heterocycles. The maximum atomic E-state index is 9.12. The molecule has 0 atom stereocenters. The number of benzene rings is 1. The second-order valence-electron chi connectivity index (χ2n) is 5.06. The van der Waals surface area contributed by atoms with E-state index in [0.29, 0.717) is 0 Å². The van der Waals surface area contributed by atoms with E-state index in [-0.39, 0.29) is 0 Å². The number of thiophene rings is 1. The van der Waals surface area contributed by atoms with Crippen molar-refractivity contribution in [3.8, 4) is 6.07 Å². The van der Waals surface area contributed by atoms with Gasteiger partial charge in [0.25, 0.3) is 0 Å². The molecule has 3 aromatic rings. The highest BCUT2D eigenvalue weighted by molar-refractivity contribution is 7.10. The Morgan fingerprint density at radius 3 is 2.95 bits per heavy atom. The third kappa shape index (κ3) is 2.85. The summed E-state index contributed by atoms with van der Waals surface area (Å²) in [6.45, 7) is 4.89. The molecule has 3 rings (SSSR count). The summed E-state index contributed by atoms with van der Waals surface area (Å²) in [5.74, 6) is 0. The average Bonchev–Trinajstić information content (AvgIpc) is 3.10. The number of aryl methyl sites for hydroxylation is 1. The Kier molecular flexibility index (Phi) is 4.05. The molecule has 4 heteroatoms. The molecule has 0 unspecified atom stereocenters. The predicted molar refractivity (Wildman–Crippen MR) is 87.4 cm³/mol. The molecule has 0 amide bonds. The van der Waals surface area contributed by atoms with Crippen LogP contribution < -0.4 is 5.32 Å². The standard InChI is InChI=1S/C17H17N3S/c1-13-6-10-21-17(13)12-19-7-9-20-8-5-15-14(11-18)3-2-4-16(15)20/h2-6,8,10,19H,7,9,12H2,1H3. The number of hydrogen-bond donors (Lipinski definition) is 1. The summed E-state index contributed by atoms with van der Waals surface area (Å²) in [6.07, 6.45) is 2.06. The van der Waals surface area contributed by atoms with Gasteiger partial charge in [-0.3, -0.25) is 0 Å². The molecule has 1 aromatic carbocycles. The topological polar surface area (TPSA) is 40.8 Å². The van der Waals surface area contributed by atoms with Gasteiger partial charge in [-0.15, -0.1) is 11.3 Å². The van der Waals surface area contributed by atoms with E-state index in [1.807, 2.05) is 18.2 Å². The molecule has 3 nitrogen and oxygen atoms in total. The van der Waals surface area contributed by atoms with Gasteiger partial charge >= 0.3 is 0 Å². The molecule has 21 heavy (non-hydrogen) atoms. The van der Waals surface area contributed by atoms with E-state index in [9.17, 15) is 0 Å². The maximum Gasteiger partial charge on any atom is 0.0998 e. The van der Waals surface area contributed by atoms with Crippen LogP contribution in [0.1, 0.15) is 16.0 Å². The number of nitriles is 1. The van der Waals surface area contributed by atoms with Crippen LogP contribution in [-0.2, 0) is 13.1 Å². The molecule has 0 radical (unpaired) electrons. The van der Waals surface area contributed by atoms with Gasteiger partial charge < -0.3 is 9.88 Å². The van der Waals surface area contributed by atoms with Crippen LogP contribution in [0.5, 0.6) is 0 Å². The number of hydrogen-bond acceptors (Lipinski definition) is 3. The van der Waals surface area contributed by atoms with E-state index in [4.69, 9.17) is 5.26 Å². The van der Waals surface area contributed by atoms with Gasteiger partial charge in [0.05, 0.1) is 11.6 Å². The Morgan fingerprint density at radius 1 is 1.29 bits per heavy atom. The first kappa shape index (κ1) is 13.9. The SMILES string of the molecule is Cc1ccsc1CNCCn1ccc2c(C#N)cccc21. The zero-order valence-electron chi connectivity index (χ0n) is 12.0. The summed E-state index contributed by atoms with van der Waals surface area (Å²) in [5, 5.41) is 15.8. The highest BCUT2D eigenvalue weighted by Gasteiger charge is 2.05. The summed E-state index contributed by atoms with van der Waals surface area (Å²) >= 11 is 1.80. The quantitative estimate of drug-likeness (QED) is 0.730. The number of fused-ring (bicyclic) bond motifs is 1. The summed E-state index contributed by atoms with van der Waals surface area (Å²) in [4.78, 5) is 1.40. The molecule has 106 valence electrons. The van der Waals surface area contributed by atoms with Crippen LogP contribution in [-0.4, -0.2) is 11.1 Å². The second-order valence-corrected chi connectivity index (χ2v) is 6.06. The molecule has 0 aliphatic rings. The van der Waals surface area contributed by atoms with Crippen molar-refractivity contribution in [2.75, 3.05) is 6.54 Å². The number of rotatable bonds is 5. The molecule has 0 aliphatic carbocycles. The zero-order valence-corrected chi connectivity index (χ0v) is 12.8. The van der Waals surface area contributed by atoms with Gasteiger partial charge in [0.1, 0.15) is 0 Å². The Morgan fingerprint density at radius 2 is 2.19 bits per heavy atom. The first-order valence-electron chi connectivity index (χ1n) is 7.01. The van der Waals surface area contributed by atoms with Crippen molar-refractivity contribution in [3.63, 3.8) is 0 Å². The molecule has 0 aliphatic heterocycles. The van der Waals surface area contributed by atoms with Crippen LogP contribution in [0.4, 0.5) is 0 Å². The normalized spacial score (nSPS) is 10.9. The monoisotopic (exact) mass is 295 g/mol. The number of nitrogens with one attached hydrogen (secondary N) is 1. The van der Waals surface area contributed by atoms with Crippen molar-refractivity contribution in [3.05, 3.63) is 57.9 Å². The molecule has 0 spiro atoms. The van der Waals surface area contributed by atoms with E-state index >= 15 is 0 Å². The van der Waals surface area contributed by atoms with Crippen LogP contribution in [0.15, 0.2) is 41.9 Å². The number of nitrogens with zero attached hydrogens (tertiary/aromatic N) is 2. The minimum atomic E-state index is 0.744. The minimum Gasteiger partial charge on any atom is -0.346 e. The van der Waals surface area contributed by atoms with Gasteiger partial charge in [0.2, 0.25) is 0 Å². The molecule has 0 saturated carbocycles. The minimum absolute atomic E-state index is 0.744. The second kappa shape index (κ2) is 6.13. The number of aromatic nitrogens is 1. The lowest BCUT2D eigenvalue weighted by Gasteiger charge is -2.07. The van der Waals surface area contributed by atoms with E-state index in [1.54, 1.807) is 11.3 Å². The average molecular weight is 295 g/mol. The lowest BCUT2D eigenvalue weighted by Crippen LogP contribution is -2.19. The first-order valence-corrected chi connectivity index (χ1v) is 7.89. The van der Waals surface area contributed by atoms with Gasteiger partial charge in [-0.1, -0.05) is 6.07 Å². The summed E-state index contributed by atoms with van der Waals surface area (Å²) in [5.41, 5.74) is 3.23. The molecular weight excluding hydrogens is 278 g/mol. The lowest BCUT2D eigenvalue weighted by atomic mass is 10.1. The summed E-state index contributed by atoms with van der Waals surface area (Å²) in [7, 11) is 0. The Labute approximate surface area is 128 Å². The van der Waals surface area contributed by atoms with Gasteiger partial charge in [0.15, 0.2) is 0 Å². The van der Waals surface area contributed by atoms with Crippen LogP contribution in [0.3, 0.4) is 0 Å². The zero-order chi connectivity index (χ0) is 14.7. The molecule has 1 N–H and O–H groups in total. The van der Waals surface area contributed by atoms with Gasteiger partial charge in [-0.25, -0.2) is 0 Å². The van der Waals surface area contributed by atoms with Crippen LogP contribution in [0.2, 0.25) is 0 Å². The third-order valence-corrected chi connectivity index (χ3v) is 4.74. The van der Waals surface area contributed by atoms with Gasteiger partial charge in [-0.05, 0) is 42.1 Å². The predicted octanol–water partition coefficient (Wildman–Crippen LogP) is 3.67. The first-order chi connectivity index (χ1) is 10.3. The molecule has 0 fully saturated rings. The van der Waals surface area contributed by atoms with Crippen molar-refractivity contribution < 1.29 is 0 Å². The third-order valence-electron chi connectivity index (χ3n) is 3.72. The van der Waals surface area contributed by atoms with Crippen LogP contribution in [0.25, 0.3) is 10.9 Å². The molecule has 0 saturated heterocycles. The Balaban J connectivity index is 1.64. The lowest BCUT2D eigenvalue weighted by molar-refractivity contribution is 0.612. The summed E-state index contributed by atoms with van der Waals surface area (Å²) in [6, 6.07) is 12.3. The van der Waals surface area contributed by atoms with Crippen molar-refractivity contribution >= 4 is 22.2 Å². The van der Waals surface area contributed by atoms with Crippen molar-refractivity contribution in [2.45, 2.75) is 20.0 Å². The van der Waals surface area contributed by atoms with Gasteiger partial charge in [0, 0.05) is 41.6 Å². The highest BCUT2D eigenvalue weighted by atomic mass is 32.1. The van der Waals surface area contributed by atoms with Crippen molar-refractivity contribution in [2.24, 2.45) is 0 Å². The summed E-state index contributed by atoms with van der Waals surface area (Å²) < 4.78 is 2.20. The van der Waals surface area contributed by atoms with Crippen LogP contribution >= 0.6 is 11.3 Å². The van der Waals surface area contributed by atoms with E-state index < -0.39 is 0 Å². The smallest absolute Gasteiger partial charge is 0.0998 e. The van der Waals surface area contributed by atoms with Crippen LogP contribution in [0, 0.1) is 18.3 Å². The molecule has 2 heterocycles. The Hall–Kier alpha value is -2.09. The molecule has 0 bridgehead atoms. The van der Waals surface area contributed by atoms with E-state index in [2.05, 4.69) is 46.6 Å². The van der Waals surface area contributed by atoms with E-state index in [1.165, 1.54) is 10.4 Å². The molecular formula is C17H17N3S. The largest absolute Gasteiger partial charge is 0.346 e. The van der Waals surface area contributed by atoms with Crippen molar-refractivity contribution in [1.82, 2.24) is 9.88 Å². The van der Waals surface area contributed by atoms with Crippen molar-refractivity contribution in [1.29, 1.82) is 5.26 Å². The van der Waals surface area contributed by atoms with Gasteiger partial charge in [-0.2, -0.15) is 5.26 Å². The van der Waals surface area contributed by atoms with E-state index in [0.717, 1.165) is 36.1 Å². The fourth-order valence-electron chi connectivity index (χ4n) is 2.50. The maximum absolute atomic E-state index is 9.12.